The zero-order valence-corrected chi connectivity index (χ0v) is 5.77. The molecule has 0 aliphatic carbocycles. The zero-order valence-electron chi connectivity index (χ0n) is 4.96. The molecule has 0 N–H and O–H groups in total. The molecule has 0 aliphatic heterocycles. The SMILES string of the molecule is Cc1csc2nc[c]n12. The first-order valence-electron chi connectivity index (χ1n) is 2.67. The summed E-state index contributed by atoms with van der Waals surface area (Å²) >= 11 is 1.64. The van der Waals surface area contributed by atoms with Gasteiger partial charge in [-0.3, -0.25) is 4.40 Å². The lowest BCUT2D eigenvalue weighted by molar-refractivity contribution is 1.12. The molecule has 2 aromatic rings. The van der Waals surface area contributed by atoms with Crippen molar-refractivity contribution < 1.29 is 0 Å². The topological polar surface area (TPSA) is 17.3 Å². The van der Waals surface area contributed by atoms with Crippen molar-refractivity contribution in [3.63, 3.8) is 0 Å². The number of rotatable bonds is 0. The average molecular weight is 137 g/mol. The van der Waals surface area contributed by atoms with Crippen molar-refractivity contribution >= 4 is 16.3 Å². The van der Waals surface area contributed by atoms with E-state index in [2.05, 4.69) is 16.6 Å². The van der Waals surface area contributed by atoms with Crippen molar-refractivity contribution in [2.24, 2.45) is 0 Å². The van der Waals surface area contributed by atoms with Gasteiger partial charge in [-0.2, -0.15) is 0 Å². The van der Waals surface area contributed by atoms with Crippen molar-refractivity contribution in [2.45, 2.75) is 6.92 Å². The van der Waals surface area contributed by atoms with Gasteiger partial charge in [-0.1, -0.05) is 0 Å². The molecule has 2 rings (SSSR count). The number of aryl methyl sites for hydroxylation is 1. The Kier molecular flexibility index (Phi) is 0.873. The number of hydrogen-bond donors (Lipinski definition) is 0. The Hall–Kier alpha value is -0.830. The van der Waals surface area contributed by atoms with Gasteiger partial charge in [0.15, 0.2) is 4.96 Å². The molecule has 0 saturated heterocycles. The van der Waals surface area contributed by atoms with Crippen LogP contribution in [0, 0.1) is 13.1 Å². The number of aromatic nitrogens is 2. The molecule has 0 bridgehead atoms. The minimum Gasteiger partial charge on any atom is -0.286 e. The van der Waals surface area contributed by atoms with Crippen LogP contribution in [0.3, 0.4) is 0 Å². The highest BCUT2D eigenvalue weighted by molar-refractivity contribution is 7.15. The fourth-order valence-corrected chi connectivity index (χ4v) is 1.58. The van der Waals surface area contributed by atoms with E-state index in [0.717, 1.165) is 4.96 Å². The van der Waals surface area contributed by atoms with E-state index >= 15 is 0 Å². The number of hydrogen-bond acceptors (Lipinski definition) is 2. The van der Waals surface area contributed by atoms with E-state index in [-0.39, 0.29) is 0 Å². The largest absolute Gasteiger partial charge is 0.286 e. The number of nitrogens with zero attached hydrogens (tertiary/aromatic N) is 2. The minimum absolute atomic E-state index is 1.02. The van der Waals surface area contributed by atoms with Gasteiger partial charge >= 0.3 is 0 Å². The van der Waals surface area contributed by atoms with Gasteiger partial charge in [0.25, 0.3) is 0 Å². The van der Waals surface area contributed by atoms with Gasteiger partial charge in [-0.05, 0) is 6.92 Å². The second-order valence-corrected chi connectivity index (χ2v) is 2.72. The summed E-state index contributed by atoms with van der Waals surface area (Å²) in [6.07, 6.45) is 4.68. The molecule has 2 nitrogen and oxygen atoms in total. The van der Waals surface area contributed by atoms with E-state index < -0.39 is 0 Å². The maximum absolute atomic E-state index is 4.07. The quantitative estimate of drug-likeness (QED) is 0.538. The fourth-order valence-electron chi connectivity index (χ4n) is 0.781. The Balaban J connectivity index is 2.99. The van der Waals surface area contributed by atoms with Crippen molar-refractivity contribution in [1.82, 2.24) is 9.38 Å². The summed E-state index contributed by atoms with van der Waals surface area (Å²) in [4.78, 5) is 5.09. The number of thiazole rings is 1. The Morgan fingerprint density at radius 1 is 1.78 bits per heavy atom. The third-order valence-corrected chi connectivity index (χ3v) is 2.20. The molecule has 0 atom stereocenters. The summed E-state index contributed by atoms with van der Waals surface area (Å²) in [6.45, 7) is 2.04. The molecule has 0 saturated carbocycles. The zero-order chi connectivity index (χ0) is 6.27. The van der Waals surface area contributed by atoms with Crippen molar-refractivity contribution in [3.05, 3.63) is 23.5 Å². The van der Waals surface area contributed by atoms with E-state index in [9.17, 15) is 0 Å². The maximum Gasteiger partial charge on any atom is 0.194 e. The van der Waals surface area contributed by atoms with E-state index in [4.69, 9.17) is 0 Å². The molecule has 45 valence electrons. The summed E-state index contributed by atoms with van der Waals surface area (Å²) in [5.41, 5.74) is 1.20. The molecule has 9 heavy (non-hydrogen) atoms. The third kappa shape index (κ3) is 0.580. The predicted octanol–water partition coefficient (Wildman–Crippen LogP) is 1.50. The number of fused-ring (bicyclic) bond motifs is 1. The molecule has 0 amide bonds. The van der Waals surface area contributed by atoms with Gasteiger partial charge in [0.1, 0.15) is 0 Å². The first-order valence-corrected chi connectivity index (χ1v) is 3.55. The average Bonchev–Trinajstić information content (AvgIpc) is 2.35. The normalized spacial score (nSPS) is 10.8. The van der Waals surface area contributed by atoms with Crippen LogP contribution < -0.4 is 0 Å². The Bertz CT molecular complexity index is 320. The summed E-state index contributed by atoms with van der Waals surface area (Å²) in [6, 6.07) is 0. The molecule has 0 unspecified atom stereocenters. The first kappa shape index (κ1) is 4.99. The van der Waals surface area contributed by atoms with Gasteiger partial charge in [0.2, 0.25) is 0 Å². The molecular weight excluding hydrogens is 132 g/mol. The Morgan fingerprint density at radius 3 is 3.44 bits per heavy atom. The first-order chi connectivity index (χ1) is 4.38. The van der Waals surface area contributed by atoms with Crippen molar-refractivity contribution in [1.29, 1.82) is 0 Å². The van der Waals surface area contributed by atoms with Gasteiger partial charge in [0.05, 0.1) is 12.4 Å². The van der Waals surface area contributed by atoms with Gasteiger partial charge in [0, 0.05) is 11.1 Å². The van der Waals surface area contributed by atoms with E-state index in [1.807, 2.05) is 11.3 Å². The highest BCUT2D eigenvalue weighted by atomic mass is 32.1. The molecular formula is C6H5N2S. The van der Waals surface area contributed by atoms with E-state index in [1.54, 1.807) is 17.5 Å². The summed E-state index contributed by atoms with van der Waals surface area (Å²) in [7, 11) is 0. The van der Waals surface area contributed by atoms with Crippen LogP contribution in [0.1, 0.15) is 5.69 Å². The van der Waals surface area contributed by atoms with Crippen LogP contribution in [0.5, 0.6) is 0 Å². The van der Waals surface area contributed by atoms with E-state index in [1.165, 1.54) is 5.69 Å². The standard InChI is InChI=1S/C6H5N2S/c1-5-4-9-6-7-2-3-8(5)6/h2,4H,1H3. The molecule has 1 radical (unpaired) electrons. The van der Waals surface area contributed by atoms with Gasteiger partial charge in [-0.25, -0.2) is 4.98 Å². The monoisotopic (exact) mass is 137 g/mol. The highest BCUT2D eigenvalue weighted by Gasteiger charge is 1.96. The van der Waals surface area contributed by atoms with Gasteiger partial charge in [-0.15, -0.1) is 11.3 Å². The van der Waals surface area contributed by atoms with E-state index in [0.29, 0.717) is 0 Å². The molecule has 2 heterocycles. The van der Waals surface area contributed by atoms with Crippen LogP contribution in [0.15, 0.2) is 11.6 Å². The third-order valence-electron chi connectivity index (χ3n) is 1.24. The molecule has 3 heteroatoms. The molecule has 0 aromatic carbocycles. The summed E-state index contributed by atoms with van der Waals surface area (Å²) in [5.74, 6) is 0. The highest BCUT2D eigenvalue weighted by Crippen LogP contribution is 2.11. The smallest absolute Gasteiger partial charge is 0.194 e. The predicted molar refractivity (Wildman–Crippen MR) is 36.6 cm³/mol. The lowest BCUT2D eigenvalue weighted by Gasteiger charge is -1.81. The fraction of sp³-hybridized carbons (Fsp3) is 0.167. The van der Waals surface area contributed by atoms with Crippen LogP contribution in [-0.4, -0.2) is 9.38 Å². The van der Waals surface area contributed by atoms with Crippen molar-refractivity contribution in [2.75, 3.05) is 0 Å². The van der Waals surface area contributed by atoms with Crippen LogP contribution in [0.25, 0.3) is 4.96 Å². The maximum atomic E-state index is 4.07. The molecule has 0 fully saturated rings. The van der Waals surface area contributed by atoms with Gasteiger partial charge < -0.3 is 0 Å². The molecule has 0 aliphatic rings. The summed E-state index contributed by atoms with van der Waals surface area (Å²) in [5, 5.41) is 2.07. The Labute approximate surface area is 56.8 Å². The van der Waals surface area contributed by atoms with Crippen LogP contribution in [0.2, 0.25) is 0 Å². The number of imidazole rings is 1. The lowest BCUT2D eigenvalue weighted by Crippen LogP contribution is -1.77. The lowest BCUT2D eigenvalue weighted by atomic mass is 10.6. The van der Waals surface area contributed by atoms with Crippen LogP contribution in [0.4, 0.5) is 0 Å². The Morgan fingerprint density at radius 2 is 2.67 bits per heavy atom. The van der Waals surface area contributed by atoms with Crippen molar-refractivity contribution in [3.8, 4) is 0 Å². The molecule has 0 spiro atoms. The molecule has 2 aromatic heterocycles. The minimum atomic E-state index is 1.02. The second kappa shape index (κ2) is 1.57. The van der Waals surface area contributed by atoms with Crippen LogP contribution >= 0.6 is 11.3 Å². The second-order valence-electron chi connectivity index (χ2n) is 1.88. The van der Waals surface area contributed by atoms with Crippen LogP contribution in [-0.2, 0) is 0 Å². The summed E-state index contributed by atoms with van der Waals surface area (Å²) < 4.78 is 1.95.